The molecule has 0 bridgehead atoms. The van der Waals surface area contributed by atoms with Crippen molar-refractivity contribution in [1.29, 1.82) is 0 Å². The third-order valence-electron chi connectivity index (χ3n) is 2.23. The Morgan fingerprint density at radius 2 is 2.42 bits per heavy atom. The van der Waals surface area contributed by atoms with Crippen LogP contribution in [0.4, 0.5) is 0 Å². The molecular formula is C9H15Cl2N. The molecule has 0 radical (unpaired) electrons. The lowest BCUT2D eigenvalue weighted by atomic mass is 10.0. The van der Waals surface area contributed by atoms with E-state index in [0.717, 1.165) is 30.6 Å². The van der Waals surface area contributed by atoms with Gasteiger partial charge in [0, 0.05) is 23.7 Å². The van der Waals surface area contributed by atoms with E-state index >= 15 is 0 Å². The zero-order valence-corrected chi connectivity index (χ0v) is 8.91. The Labute approximate surface area is 84.3 Å². The Morgan fingerprint density at radius 3 is 3.00 bits per heavy atom. The smallest absolute Gasteiger partial charge is 0.0434 e. The zero-order chi connectivity index (χ0) is 8.97. The summed E-state index contributed by atoms with van der Waals surface area (Å²) < 4.78 is 0. The van der Waals surface area contributed by atoms with Crippen LogP contribution in [0.3, 0.4) is 0 Å². The number of rotatable bonds is 2. The number of halogens is 2. The molecule has 0 spiro atoms. The molecule has 3 heteroatoms. The molecule has 1 rings (SSSR count). The van der Waals surface area contributed by atoms with E-state index in [-0.39, 0.29) is 0 Å². The highest BCUT2D eigenvalue weighted by atomic mass is 35.5. The van der Waals surface area contributed by atoms with E-state index in [1.165, 1.54) is 18.4 Å². The van der Waals surface area contributed by atoms with Crippen molar-refractivity contribution in [2.24, 2.45) is 5.92 Å². The largest absolute Gasteiger partial charge is 0.298 e. The standard InChI is InChI=1S/C9H15Cl2N/c1-8-3-2-4-12(6-8)7-9(11)5-10/h5,8H,2-4,6-7H2,1H3/b9-5-/t8-/m0/s1. The molecule has 1 heterocycles. The van der Waals surface area contributed by atoms with Crippen molar-refractivity contribution in [3.8, 4) is 0 Å². The monoisotopic (exact) mass is 207 g/mol. The minimum absolute atomic E-state index is 0.741. The van der Waals surface area contributed by atoms with Gasteiger partial charge in [0.2, 0.25) is 0 Å². The summed E-state index contributed by atoms with van der Waals surface area (Å²) in [7, 11) is 0. The summed E-state index contributed by atoms with van der Waals surface area (Å²) in [5.41, 5.74) is 1.46. The maximum Gasteiger partial charge on any atom is 0.0434 e. The fourth-order valence-corrected chi connectivity index (χ4v) is 1.92. The Kier molecular flexibility index (Phi) is 4.41. The molecular weight excluding hydrogens is 193 g/mol. The van der Waals surface area contributed by atoms with Gasteiger partial charge in [0.05, 0.1) is 0 Å². The first-order valence-corrected chi connectivity index (χ1v) is 5.21. The van der Waals surface area contributed by atoms with E-state index in [2.05, 4.69) is 11.8 Å². The highest BCUT2D eigenvalue weighted by Crippen LogP contribution is 2.17. The molecule has 1 saturated heterocycles. The SMILES string of the molecule is C[C@H]1CCCN(C/C(Cl)=C/Cl)C1. The summed E-state index contributed by atoms with van der Waals surface area (Å²) in [5.74, 6) is 0.804. The average molecular weight is 208 g/mol. The molecule has 0 aromatic carbocycles. The molecule has 70 valence electrons. The van der Waals surface area contributed by atoms with Crippen LogP contribution >= 0.6 is 23.2 Å². The molecule has 1 aliphatic heterocycles. The first kappa shape index (κ1) is 10.4. The summed E-state index contributed by atoms with van der Waals surface area (Å²) in [6.07, 6.45) is 2.63. The number of hydrogen-bond donors (Lipinski definition) is 0. The van der Waals surface area contributed by atoms with Gasteiger partial charge in [0.1, 0.15) is 0 Å². The quantitative estimate of drug-likeness (QED) is 0.674. The molecule has 0 aliphatic carbocycles. The van der Waals surface area contributed by atoms with Gasteiger partial charge in [-0.3, -0.25) is 4.90 Å². The van der Waals surface area contributed by atoms with Crippen LogP contribution in [0.2, 0.25) is 0 Å². The van der Waals surface area contributed by atoms with Gasteiger partial charge in [-0.1, -0.05) is 30.1 Å². The fraction of sp³-hybridized carbons (Fsp3) is 0.778. The fourth-order valence-electron chi connectivity index (χ4n) is 1.68. The Balaban J connectivity index is 2.32. The van der Waals surface area contributed by atoms with Crippen LogP contribution in [0.5, 0.6) is 0 Å². The molecule has 12 heavy (non-hydrogen) atoms. The van der Waals surface area contributed by atoms with Crippen molar-refractivity contribution in [1.82, 2.24) is 4.90 Å². The van der Waals surface area contributed by atoms with Gasteiger partial charge in [0.15, 0.2) is 0 Å². The van der Waals surface area contributed by atoms with Crippen molar-refractivity contribution in [2.45, 2.75) is 19.8 Å². The van der Waals surface area contributed by atoms with Crippen LogP contribution in [0.25, 0.3) is 0 Å². The Bertz CT molecular complexity index is 168. The second-order valence-electron chi connectivity index (χ2n) is 3.54. The Morgan fingerprint density at radius 1 is 1.67 bits per heavy atom. The number of piperidine rings is 1. The minimum atomic E-state index is 0.741. The highest BCUT2D eigenvalue weighted by Gasteiger charge is 2.16. The van der Waals surface area contributed by atoms with Crippen molar-refractivity contribution < 1.29 is 0 Å². The first-order valence-electron chi connectivity index (χ1n) is 4.39. The van der Waals surface area contributed by atoms with Crippen LogP contribution in [-0.2, 0) is 0 Å². The summed E-state index contributed by atoms with van der Waals surface area (Å²) >= 11 is 11.3. The van der Waals surface area contributed by atoms with E-state index in [9.17, 15) is 0 Å². The second kappa shape index (κ2) is 5.11. The van der Waals surface area contributed by atoms with Crippen molar-refractivity contribution in [2.75, 3.05) is 19.6 Å². The molecule has 0 N–H and O–H groups in total. The minimum Gasteiger partial charge on any atom is -0.298 e. The predicted octanol–water partition coefficient (Wildman–Crippen LogP) is 3.04. The van der Waals surface area contributed by atoms with E-state index in [1.807, 2.05) is 0 Å². The topological polar surface area (TPSA) is 3.24 Å². The summed E-state index contributed by atoms with van der Waals surface area (Å²) in [6, 6.07) is 0. The summed E-state index contributed by atoms with van der Waals surface area (Å²) in [5, 5.41) is 0.741. The normalized spacial score (nSPS) is 27.6. The van der Waals surface area contributed by atoms with Crippen molar-refractivity contribution in [3.05, 3.63) is 10.6 Å². The van der Waals surface area contributed by atoms with E-state index < -0.39 is 0 Å². The van der Waals surface area contributed by atoms with Crippen LogP contribution in [0, 0.1) is 5.92 Å². The molecule has 1 fully saturated rings. The molecule has 1 nitrogen and oxygen atoms in total. The molecule has 0 unspecified atom stereocenters. The van der Waals surface area contributed by atoms with Crippen LogP contribution in [-0.4, -0.2) is 24.5 Å². The van der Waals surface area contributed by atoms with E-state index in [1.54, 1.807) is 0 Å². The average Bonchev–Trinajstić information content (AvgIpc) is 2.04. The summed E-state index contributed by atoms with van der Waals surface area (Å²) in [6.45, 7) is 5.41. The molecule has 0 aromatic heterocycles. The lowest BCUT2D eigenvalue weighted by Crippen LogP contribution is -2.35. The van der Waals surface area contributed by atoms with Gasteiger partial charge < -0.3 is 0 Å². The first-order chi connectivity index (χ1) is 5.72. The van der Waals surface area contributed by atoms with Crippen molar-refractivity contribution >= 4 is 23.2 Å². The van der Waals surface area contributed by atoms with Gasteiger partial charge in [-0.2, -0.15) is 0 Å². The third-order valence-corrected chi connectivity index (χ3v) is 2.84. The van der Waals surface area contributed by atoms with E-state index in [4.69, 9.17) is 23.2 Å². The third kappa shape index (κ3) is 3.34. The van der Waals surface area contributed by atoms with E-state index in [0.29, 0.717) is 0 Å². The maximum atomic E-state index is 5.83. The van der Waals surface area contributed by atoms with Gasteiger partial charge >= 0.3 is 0 Å². The zero-order valence-electron chi connectivity index (χ0n) is 7.39. The lowest BCUT2D eigenvalue weighted by molar-refractivity contribution is 0.200. The molecule has 0 aromatic rings. The lowest BCUT2D eigenvalue weighted by Gasteiger charge is -2.30. The number of hydrogen-bond acceptors (Lipinski definition) is 1. The molecule has 0 saturated carbocycles. The predicted molar refractivity (Wildman–Crippen MR) is 54.6 cm³/mol. The number of likely N-dealkylation sites (tertiary alicyclic amines) is 1. The highest BCUT2D eigenvalue weighted by molar-refractivity contribution is 6.36. The molecule has 0 amide bonds. The molecule has 1 aliphatic rings. The van der Waals surface area contributed by atoms with Gasteiger partial charge in [-0.05, 0) is 25.3 Å². The van der Waals surface area contributed by atoms with Crippen molar-refractivity contribution in [3.63, 3.8) is 0 Å². The number of nitrogens with zero attached hydrogens (tertiary/aromatic N) is 1. The maximum absolute atomic E-state index is 5.83. The second-order valence-corrected chi connectivity index (χ2v) is 4.24. The van der Waals surface area contributed by atoms with Crippen LogP contribution in [0.15, 0.2) is 10.6 Å². The molecule has 1 atom stereocenters. The van der Waals surface area contributed by atoms with Crippen LogP contribution < -0.4 is 0 Å². The summed E-state index contributed by atoms with van der Waals surface area (Å²) in [4.78, 5) is 2.36. The van der Waals surface area contributed by atoms with Gasteiger partial charge in [-0.25, -0.2) is 0 Å². The van der Waals surface area contributed by atoms with Gasteiger partial charge in [0.25, 0.3) is 0 Å². The Hall–Kier alpha value is 0.280. The van der Waals surface area contributed by atoms with Gasteiger partial charge in [-0.15, -0.1) is 0 Å². The van der Waals surface area contributed by atoms with Crippen LogP contribution in [0.1, 0.15) is 19.8 Å².